The quantitative estimate of drug-likeness (QED) is 0.824. The SMILES string of the molecule is CC1(C)C2CNCC2CN1C(=O)c1ccsc1. The summed E-state index contributed by atoms with van der Waals surface area (Å²) >= 11 is 1.59. The molecule has 2 saturated heterocycles. The van der Waals surface area contributed by atoms with Gasteiger partial charge in [-0.2, -0.15) is 11.3 Å². The van der Waals surface area contributed by atoms with E-state index in [4.69, 9.17) is 0 Å². The van der Waals surface area contributed by atoms with Crippen LogP contribution in [-0.2, 0) is 0 Å². The zero-order valence-corrected chi connectivity index (χ0v) is 11.1. The van der Waals surface area contributed by atoms with E-state index in [-0.39, 0.29) is 11.4 Å². The lowest BCUT2D eigenvalue weighted by Crippen LogP contribution is -2.47. The van der Waals surface area contributed by atoms with Crippen molar-refractivity contribution >= 4 is 17.2 Å². The van der Waals surface area contributed by atoms with E-state index in [2.05, 4.69) is 24.1 Å². The van der Waals surface area contributed by atoms with Crippen LogP contribution in [0.2, 0.25) is 0 Å². The van der Waals surface area contributed by atoms with Crippen molar-refractivity contribution in [3.63, 3.8) is 0 Å². The molecule has 2 unspecified atom stereocenters. The summed E-state index contributed by atoms with van der Waals surface area (Å²) in [5, 5.41) is 7.36. The van der Waals surface area contributed by atoms with Gasteiger partial charge in [0.05, 0.1) is 5.56 Å². The molecule has 3 heterocycles. The average Bonchev–Trinajstić information content (AvgIpc) is 2.97. The molecule has 1 aromatic rings. The Hall–Kier alpha value is -0.870. The molecule has 0 saturated carbocycles. The summed E-state index contributed by atoms with van der Waals surface area (Å²) in [6, 6.07) is 1.93. The molecular weight excluding hydrogens is 232 g/mol. The van der Waals surface area contributed by atoms with E-state index in [1.807, 2.05) is 16.8 Å². The van der Waals surface area contributed by atoms with Gasteiger partial charge < -0.3 is 10.2 Å². The number of nitrogens with zero attached hydrogens (tertiary/aromatic N) is 1. The van der Waals surface area contributed by atoms with Crippen molar-refractivity contribution in [2.45, 2.75) is 19.4 Å². The van der Waals surface area contributed by atoms with Gasteiger partial charge in [-0.3, -0.25) is 4.79 Å². The van der Waals surface area contributed by atoms with E-state index >= 15 is 0 Å². The van der Waals surface area contributed by atoms with Gasteiger partial charge in [-0.1, -0.05) is 0 Å². The Balaban J connectivity index is 1.87. The first kappa shape index (κ1) is 11.2. The van der Waals surface area contributed by atoms with Gasteiger partial charge in [-0.15, -0.1) is 0 Å². The lowest BCUT2D eigenvalue weighted by molar-refractivity contribution is 0.0604. The first-order valence-corrected chi connectivity index (χ1v) is 7.10. The molecule has 0 aliphatic carbocycles. The molecule has 2 aliphatic heterocycles. The van der Waals surface area contributed by atoms with E-state index in [0.717, 1.165) is 25.2 Å². The van der Waals surface area contributed by atoms with E-state index in [1.54, 1.807) is 11.3 Å². The maximum atomic E-state index is 12.5. The molecule has 2 fully saturated rings. The third kappa shape index (κ3) is 1.62. The van der Waals surface area contributed by atoms with Gasteiger partial charge >= 0.3 is 0 Å². The second-order valence-corrected chi connectivity index (χ2v) is 6.39. The topological polar surface area (TPSA) is 32.3 Å². The molecule has 1 N–H and O–H groups in total. The first-order valence-electron chi connectivity index (χ1n) is 6.15. The fourth-order valence-corrected chi connectivity index (χ4v) is 3.94. The van der Waals surface area contributed by atoms with Crippen LogP contribution < -0.4 is 5.32 Å². The number of likely N-dealkylation sites (tertiary alicyclic amines) is 1. The minimum atomic E-state index is -0.0206. The first-order chi connectivity index (χ1) is 8.10. The molecule has 1 amide bonds. The average molecular weight is 250 g/mol. The number of hydrogen-bond donors (Lipinski definition) is 1. The molecule has 17 heavy (non-hydrogen) atoms. The molecule has 2 aliphatic rings. The second-order valence-electron chi connectivity index (χ2n) is 5.61. The number of fused-ring (bicyclic) bond motifs is 1. The van der Waals surface area contributed by atoms with Gasteiger partial charge in [0, 0.05) is 30.6 Å². The highest BCUT2D eigenvalue weighted by Crippen LogP contribution is 2.41. The maximum absolute atomic E-state index is 12.5. The smallest absolute Gasteiger partial charge is 0.255 e. The van der Waals surface area contributed by atoms with Gasteiger partial charge in [0.1, 0.15) is 0 Å². The third-order valence-electron chi connectivity index (χ3n) is 4.37. The summed E-state index contributed by atoms with van der Waals surface area (Å²) in [6.07, 6.45) is 0. The molecule has 1 aromatic heterocycles. The Bertz CT molecular complexity index is 427. The van der Waals surface area contributed by atoms with Crippen molar-refractivity contribution in [3.05, 3.63) is 22.4 Å². The van der Waals surface area contributed by atoms with Crippen molar-refractivity contribution in [2.75, 3.05) is 19.6 Å². The number of carbonyl (C=O) groups excluding carboxylic acids is 1. The van der Waals surface area contributed by atoms with Crippen LogP contribution in [-0.4, -0.2) is 36.0 Å². The van der Waals surface area contributed by atoms with E-state index in [9.17, 15) is 4.79 Å². The molecule has 0 spiro atoms. The normalized spacial score (nSPS) is 30.6. The number of nitrogens with one attached hydrogen (secondary N) is 1. The van der Waals surface area contributed by atoms with Crippen LogP contribution >= 0.6 is 11.3 Å². The highest BCUT2D eigenvalue weighted by Gasteiger charge is 2.51. The van der Waals surface area contributed by atoms with Crippen LogP contribution in [0.1, 0.15) is 24.2 Å². The van der Waals surface area contributed by atoms with Gasteiger partial charge in [0.25, 0.3) is 5.91 Å². The maximum Gasteiger partial charge on any atom is 0.255 e. The van der Waals surface area contributed by atoms with E-state index in [0.29, 0.717) is 11.8 Å². The molecule has 0 radical (unpaired) electrons. The number of amides is 1. The number of hydrogen-bond acceptors (Lipinski definition) is 3. The largest absolute Gasteiger partial charge is 0.333 e. The van der Waals surface area contributed by atoms with Crippen molar-refractivity contribution < 1.29 is 4.79 Å². The Morgan fingerprint density at radius 2 is 2.35 bits per heavy atom. The Morgan fingerprint density at radius 3 is 3.00 bits per heavy atom. The van der Waals surface area contributed by atoms with E-state index in [1.165, 1.54) is 0 Å². The van der Waals surface area contributed by atoms with Crippen LogP contribution in [0.5, 0.6) is 0 Å². The highest BCUT2D eigenvalue weighted by atomic mass is 32.1. The van der Waals surface area contributed by atoms with Crippen molar-refractivity contribution in [1.82, 2.24) is 10.2 Å². The molecule has 0 bridgehead atoms. The predicted molar refractivity (Wildman–Crippen MR) is 69.3 cm³/mol. The summed E-state index contributed by atoms with van der Waals surface area (Å²) in [6.45, 7) is 7.41. The number of carbonyl (C=O) groups is 1. The number of thiophene rings is 1. The lowest BCUT2D eigenvalue weighted by atomic mass is 9.85. The molecule has 4 heteroatoms. The summed E-state index contributed by atoms with van der Waals surface area (Å²) in [7, 11) is 0. The summed E-state index contributed by atoms with van der Waals surface area (Å²) in [5.41, 5.74) is 0.823. The standard InChI is InChI=1S/C13H18N2OS/c1-13(2)11-6-14-5-10(11)7-15(13)12(16)9-3-4-17-8-9/h3-4,8,10-11,14H,5-7H2,1-2H3. The highest BCUT2D eigenvalue weighted by molar-refractivity contribution is 7.08. The second kappa shape index (κ2) is 3.82. The summed E-state index contributed by atoms with van der Waals surface area (Å²) in [5.74, 6) is 1.43. The minimum absolute atomic E-state index is 0.0206. The minimum Gasteiger partial charge on any atom is -0.333 e. The van der Waals surface area contributed by atoms with E-state index < -0.39 is 0 Å². The Labute approximate surface area is 106 Å². The fourth-order valence-electron chi connectivity index (χ4n) is 3.31. The zero-order chi connectivity index (χ0) is 12.0. The van der Waals surface area contributed by atoms with Crippen LogP contribution in [0.15, 0.2) is 16.8 Å². The predicted octanol–water partition coefficient (Wildman–Crippen LogP) is 1.82. The third-order valence-corrected chi connectivity index (χ3v) is 5.06. The van der Waals surface area contributed by atoms with Crippen molar-refractivity contribution in [2.24, 2.45) is 11.8 Å². The van der Waals surface area contributed by atoms with Gasteiger partial charge in [0.2, 0.25) is 0 Å². The summed E-state index contributed by atoms with van der Waals surface area (Å²) < 4.78 is 0. The van der Waals surface area contributed by atoms with Crippen LogP contribution in [0, 0.1) is 11.8 Å². The monoisotopic (exact) mass is 250 g/mol. The molecule has 3 rings (SSSR count). The van der Waals surface area contributed by atoms with Crippen LogP contribution in [0.4, 0.5) is 0 Å². The summed E-state index contributed by atoms with van der Waals surface area (Å²) in [4.78, 5) is 14.5. The molecule has 3 nitrogen and oxygen atoms in total. The molecule has 2 atom stereocenters. The van der Waals surface area contributed by atoms with Gasteiger partial charge in [0.15, 0.2) is 0 Å². The van der Waals surface area contributed by atoms with Gasteiger partial charge in [-0.05, 0) is 37.1 Å². The van der Waals surface area contributed by atoms with Crippen LogP contribution in [0.3, 0.4) is 0 Å². The van der Waals surface area contributed by atoms with Crippen molar-refractivity contribution in [1.29, 1.82) is 0 Å². The zero-order valence-electron chi connectivity index (χ0n) is 10.3. The number of rotatable bonds is 1. The van der Waals surface area contributed by atoms with Crippen LogP contribution in [0.25, 0.3) is 0 Å². The molecule has 92 valence electrons. The Kier molecular flexibility index (Phi) is 2.52. The molecular formula is C13H18N2OS. The molecule has 0 aromatic carbocycles. The Morgan fingerprint density at radius 1 is 1.53 bits per heavy atom. The fraction of sp³-hybridized carbons (Fsp3) is 0.615. The van der Waals surface area contributed by atoms with Gasteiger partial charge in [-0.25, -0.2) is 0 Å². The lowest BCUT2D eigenvalue weighted by Gasteiger charge is -2.35. The van der Waals surface area contributed by atoms with Crippen molar-refractivity contribution in [3.8, 4) is 0 Å².